The van der Waals surface area contributed by atoms with E-state index in [1.807, 2.05) is 30.3 Å². The van der Waals surface area contributed by atoms with Gasteiger partial charge < -0.3 is 24.9 Å². The first-order valence-electron chi connectivity index (χ1n) is 14.2. The van der Waals surface area contributed by atoms with Crippen molar-refractivity contribution in [1.29, 1.82) is 0 Å². The maximum Gasteiger partial charge on any atom is 0.338 e. The van der Waals surface area contributed by atoms with Crippen molar-refractivity contribution in [3.63, 3.8) is 0 Å². The number of anilines is 3. The molecule has 44 heavy (non-hydrogen) atoms. The summed E-state index contributed by atoms with van der Waals surface area (Å²) in [6, 6.07) is 20.4. The van der Waals surface area contributed by atoms with Crippen LogP contribution < -0.4 is 20.4 Å². The number of nitrogens with zero attached hydrogens (tertiary/aromatic N) is 1. The summed E-state index contributed by atoms with van der Waals surface area (Å²) in [4.78, 5) is 57.6. The minimum atomic E-state index is -0.906. The van der Waals surface area contributed by atoms with Crippen LogP contribution >= 0.6 is 0 Å². The van der Waals surface area contributed by atoms with Gasteiger partial charge in [0.15, 0.2) is 0 Å². The molecule has 1 aliphatic rings. The maximum absolute atomic E-state index is 13.7. The smallest absolute Gasteiger partial charge is 0.338 e. The van der Waals surface area contributed by atoms with Crippen molar-refractivity contribution in [3.05, 3.63) is 84.1 Å². The Kier molecular flexibility index (Phi) is 9.13. The first-order chi connectivity index (χ1) is 20.7. The van der Waals surface area contributed by atoms with E-state index in [2.05, 4.69) is 10.6 Å². The number of urea groups is 1. The van der Waals surface area contributed by atoms with Crippen LogP contribution in [0.2, 0.25) is 0 Å². The number of hydrogen-bond acceptors (Lipinski definition) is 7. The van der Waals surface area contributed by atoms with Gasteiger partial charge in [-0.05, 0) is 96.1 Å². The van der Waals surface area contributed by atoms with Crippen LogP contribution in [0.15, 0.2) is 78.6 Å². The summed E-state index contributed by atoms with van der Waals surface area (Å²) in [5.41, 5.74) is -0.123. The average molecular weight is 600 g/mol. The SMILES string of the molecule is CC/C(OC(=O)C(C)(C)C)=C1/C(=O)N(OC(=O)C(C)(C)C)c2cc(NC(=O)Nc3ccc(Oc4ccccc4)cc3)ccc21. The van der Waals surface area contributed by atoms with E-state index in [0.29, 0.717) is 28.4 Å². The van der Waals surface area contributed by atoms with E-state index in [-0.39, 0.29) is 23.4 Å². The molecule has 2 N–H and O–H groups in total. The summed E-state index contributed by atoms with van der Waals surface area (Å²) < 4.78 is 11.4. The molecular weight excluding hydrogens is 562 g/mol. The summed E-state index contributed by atoms with van der Waals surface area (Å²) in [7, 11) is 0. The van der Waals surface area contributed by atoms with Gasteiger partial charge in [0.1, 0.15) is 17.3 Å². The van der Waals surface area contributed by atoms with Gasteiger partial charge in [-0.25, -0.2) is 9.59 Å². The molecular formula is C34H37N3O7. The topological polar surface area (TPSA) is 123 Å². The van der Waals surface area contributed by atoms with Crippen LogP contribution in [0, 0.1) is 10.8 Å². The molecule has 1 heterocycles. The summed E-state index contributed by atoms with van der Waals surface area (Å²) in [5.74, 6) is -0.341. The minimum absolute atomic E-state index is 0.107. The zero-order valence-electron chi connectivity index (χ0n) is 25.9. The number of allylic oxidation sites excluding steroid dienone is 1. The van der Waals surface area contributed by atoms with Crippen LogP contribution in [0.5, 0.6) is 11.5 Å². The molecule has 0 atom stereocenters. The zero-order chi connectivity index (χ0) is 32.2. The third-order valence-corrected chi connectivity index (χ3v) is 6.45. The number of amides is 3. The Labute approximate surface area is 256 Å². The third kappa shape index (κ3) is 7.44. The van der Waals surface area contributed by atoms with Gasteiger partial charge in [-0.2, -0.15) is 0 Å². The summed E-state index contributed by atoms with van der Waals surface area (Å²) in [6.07, 6.45) is 0.237. The number of para-hydroxylation sites is 1. The molecule has 230 valence electrons. The molecule has 0 radical (unpaired) electrons. The van der Waals surface area contributed by atoms with Gasteiger partial charge in [-0.3, -0.25) is 9.59 Å². The largest absolute Gasteiger partial charge is 0.457 e. The Hall–Kier alpha value is -5.12. The van der Waals surface area contributed by atoms with Crippen LogP contribution in [0.3, 0.4) is 0 Å². The second-order valence-corrected chi connectivity index (χ2v) is 12.3. The number of benzene rings is 3. The van der Waals surface area contributed by atoms with Crippen LogP contribution in [0.1, 0.15) is 60.5 Å². The van der Waals surface area contributed by atoms with E-state index in [9.17, 15) is 19.2 Å². The van der Waals surface area contributed by atoms with Crippen LogP contribution in [-0.2, 0) is 24.0 Å². The van der Waals surface area contributed by atoms with E-state index >= 15 is 0 Å². The predicted molar refractivity (Wildman–Crippen MR) is 168 cm³/mol. The number of carbonyl (C=O) groups excluding carboxylic acids is 4. The number of hydrogen-bond donors (Lipinski definition) is 2. The Morgan fingerprint density at radius 2 is 1.32 bits per heavy atom. The third-order valence-electron chi connectivity index (χ3n) is 6.45. The molecule has 4 rings (SSSR count). The molecule has 0 saturated heterocycles. The molecule has 10 heteroatoms. The van der Waals surface area contributed by atoms with Crippen molar-refractivity contribution in [1.82, 2.24) is 0 Å². The monoisotopic (exact) mass is 599 g/mol. The lowest BCUT2D eigenvalue weighted by atomic mass is 9.97. The number of nitrogens with one attached hydrogen (secondary N) is 2. The summed E-state index contributed by atoms with van der Waals surface area (Å²) in [5, 5.41) is 6.38. The molecule has 0 unspecified atom stereocenters. The van der Waals surface area contributed by atoms with Crippen molar-refractivity contribution >= 4 is 46.5 Å². The van der Waals surface area contributed by atoms with Crippen molar-refractivity contribution < 1.29 is 33.5 Å². The van der Waals surface area contributed by atoms with Crippen LogP contribution in [0.25, 0.3) is 5.57 Å². The van der Waals surface area contributed by atoms with Crippen molar-refractivity contribution in [3.8, 4) is 11.5 Å². The lowest BCUT2D eigenvalue weighted by molar-refractivity contribution is -0.157. The van der Waals surface area contributed by atoms with Gasteiger partial charge in [0, 0.05) is 23.4 Å². The fraction of sp³-hybridized carbons (Fsp3) is 0.294. The Balaban J connectivity index is 1.58. The molecule has 0 spiro atoms. The first-order valence-corrected chi connectivity index (χ1v) is 14.2. The number of fused-ring (bicyclic) bond motifs is 1. The van der Waals surface area contributed by atoms with Gasteiger partial charge in [-0.1, -0.05) is 25.1 Å². The van der Waals surface area contributed by atoms with E-state index in [4.69, 9.17) is 14.3 Å². The molecule has 0 fully saturated rings. The normalized spacial score (nSPS) is 14.0. The zero-order valence-corrected chi connectivity index (χ0v) is 25.9. The lowest BCUT2D eigenvalue weighted by Crippen LogP contribution is -2.35. The van der Waals surface area contributed by atoms with Crippen LogP contribution in [0.4, 0.5) is 21.9 Å². The van der Waals surface area contributed by atoms with Gasteiger partial charge in [-0.15, -0.1) is 5.06 Å². The van der Waals surface area contributed by atoms with E-state index in [1.165, 1.54) is 6.07 Å². The molecule has 3 aromatic rings. The highest BCUT2D eigenvalue weighted by Gasteiger charge is 2.41. The molecule has 1 aliphatic heterocycles. The molecule has 0 aromatic heterocycles. The Morgan fingerprint density at radius 1 is 0.750 bits per heavy atom. The van der Waals surface area contributed by atoms with Crippen molar-refractivity contribution in [2.24, 2.45) is 10.8 Å². The fourth-order valence-electron chi connectivity index (χ4n) is 3.98. The maximum atomic E-state index is 13.7. The number of esters is 1. The number of ether oxygens (including phenoxy) is 2. The molecule has 10 nitrogen and oxygen atoms in total. The minimum Gasteiger partial charge on any atom is -0.457 e. The van der Waals surface area contributed by atoms with Gasteiger partial charge in [0.2, 0.25) is 0 Å². The Bertz CT molecular complexity index is 1600. The average Bonchev–Trinajstić information content (AvgIpc) is 3.22. The Morgan fingerprint density at radius 3 is 1.91 bits per heavy atom. The van der Waals surface area contributed by atoms with E-state index in [1.54, 1.807) is 84.9 Å². The molecule has 3 amide bonds. The standard InChI is InChI=1S/C34H37N3O7/c1-8-27(43-30(39)33(2,3)4)28-25-19-16-22(20-26(25)37(29(28)38)44-31(40)34(5,6)7)36-32(41)35-21-14-17-24(18-15-21)42-23-12-10-9-11-13-23/h9-20H,8H2,1-7H3,(H2,35,36,41)/b28-27-. The van der Waals surface area contributed by atoms with Gasteiger partial charge >= 0.3 is 18.0 Å². The molecule has 0 bridgehead atoms. The summed E-state index contributed by atoms with van der Waals surface area (Å²) >= 11 is 0. The van der Waals surface area contributed by atoms with E-state index < -0.39 is 34.7 Å². The van der Waals surface area contributed by atoms with Crippen molar-refractivity contribution in [2.45, 2.75) is 54.9 Å². The van der Waals surface area contributed by atoms with Gasteiger partial charge in [0.25, 0.3) is 5.91 Å². The highest BCUT2D eigenvalue weighted by Crippen LogP contribution is 2.42. The van der Waals surface area contributed by atoms with Gasteiger partial charge in [0.05, 0.1) is 22.1 Å². The van der Waals surface area contributed by atoms with Crippen molar-refractivity contribution in [2.75, 3.05) is 15.7 Å². The predicted octanol–water partition coefficient (Wildman–Crippen LogP) is 7.68. The second kappa shape index (κ2) is 12.6. The number of rotatable bonds is 7. The first kappa shape index (κ1) is 31.8. The summed E-state index contributed by atoms with van der Waals surface area (Å²) in [6.45, 7) is 11.9. The molecule has 3 aromatic carbocycles. The quantitative estimate of drug-likeness (QED) is 0.162. The highest BCUT2D eigenvalue weighted by molar-refractivity contribution is 6.33. The van der Waals surface area contributed by atoms with E-state index in [0.717, 1.165) is 5.06 Å². The number of carbonyl (C=O) groups is 4. The fourth-order valence-corrected chi connectivity index (χ4v) is 3.98. The second-order valence-electron chi connectivity index (χ2n) is 12.3. The molecule has 0 aliphatic carbocycles. The van der Waals surface area contributed by atoms with Crippen LogP contribution in [-0.4, -0.2) is 23.9 Å². The number of hydroxylamine groups is 1. The highest BCUT2D eigenvalue weighted by atomic mass is 16.7. The lowest BCUT2D eigenvalue weighted by Gasteiger charge is -2.22. The molecule has 0 saturated carbocycles.